The van der Waals surface area contributed by atoms with Crippen molar-refractivity contribution in [2.45, 2.75) is 20.3 Å². The fourth-order valence-electron chi connectivity index (χ4n) is 1.98. The van der Waals surface area contributed by atoms with Gasteiger partial charge in [-0.25, -0.2) is 4.98 Å². The standard InChI is InChI=1S/C15H17ClN4/c1-9(11-4-6-12(16)7-5-11)3-8-13-10(2)19-15(18)20-14(13)17/h3-7H,8H2,1-2H3,(H4,17,18,19,20)/b9-3-. The molecule has 20 heavy (non-hydrogen) atoms. The Morgan fingerprint density at radius 1 is 1.20 bits per heavy atom. The summed E-state index contributed by atoms with van der Waals surface area (Å²) >= 11 is 5.88. The van der Waals surface area contributed by atoms with Crippen molar-refractivity contribution in [3.8, 4) is 0 Å². The second-order valence-electron chi connectivity index (χ2n) is 4.63. The highest BCUT2D eigenvalue weighted by atomic mass is 35.5. The molecule has 0 saturated carbocycles. The number of hydrogen-bond acceptors (Lipinski definition) is 4. The number of hydrogen-bond donors (Lipinski definition) is 2. The molecule has 2 aromatic rings. The molecule has 104 valence electrons. The number of aromatic nitrogens is 2. The van der Waals surface area contributed by atoms with Crippen LogP contribution in [-0.2, 0) is 6.42 Å². The third-order valence-corrected chi connectivity index (χ3v) is 3.43. The van der Waals surface area contributed by atoms with Crippen LogP contribution in [0.5, 0.6) is 0 Å². The molecule has 0 atom stereocenters. The Morgan fingerprint density at radius 3 is 2.45 bits per heavy atom. The predicted octanol–water partition coefficient (Wildman–Crippen LogP) is 3.25. The molecule has 0 spiro atoms. The quantitative estimate of drug-likeness (QED) is 0.909. The maximum Gasteiger partial charge on any atom is 0.222 e. The Kier molecular flexibility index (Phi) is 4.25. The highest BCUT2D eigenvalue weighted by Crippen LogP contribution is 2.20. The summed E-state index contributed by atoms with van der Waals surface area (Å²) in [5, 5.41) is 0.730. The molecule has 1 aromatic carbocycles. The maximum atomic E-state index is 5.89. The van der Waals surface area contributed by atoms with Gasteiger partial charge in [0.1, 0.15) is 5.82 Å². The van der Waals surface area contributed by atoms with Crippen molar-refractivity contribution in [3.05, 3.63) is 52.2 Å². The lowest BCUT2D eigenvalue weighted by molar-refractivity contribution is 1.05. The lowest BCUT2D eigenvalue weighted by atomic mass is 10.0. The first-order valence-electron chi connectivity index (χ1n) is 6.28. The van der Waals surface area contributed by atoms with E-state index in [-0.39, 0.29) is 5.95 Å². The van der Waals surface area contributed by atoms with Crippen LogP contribution in [0.1, 0.15) is 23.7 Å². The molecule has 0 aliphatic carbocycles. The van der Waals surface area contributed by atoms with Crippen molar-refractivity contribution in [2.24, 2.45) is 0 Å². The summed E-state index contributed by atoms with van der Waals surface area (Å²) in [5.41, 5.74) is 15.5. The van der Waals surface area contributed by atoms with Crippen LogP contribution in [-0.4, -0.2) is 9.97 Å². The molecule has 5 heteroatoms. The smallest absolute Gasteiger partial charge is 0.222 e. The fraction of sp³-hybridized carbons (Fsp3) is 0.200. The van der Waals surface area contributed by atoms with Crippen LogP contribution in [0.25, 0.3) is 5.57 Å². The van der Waals surface area contributed by atoms with E-state index in [1.165, 1.54) is 0 Å². The number of halogens is 1. The topological polar surface area (TPSA) is 77.8 Å². The van der Waals surface area contributed by atoms with Gasteiger partial charge in [0.15, 0.2) is 0 Å². The number of aryl methyl sites for hydroxylation is 1. The lowest BCUT2D eigenvalue weighted by Gasteiger charge is -2.08. The van der Waals surface area contributed by atoms with Crippen LogP contribution in [0.4, 0.5) is 11.8 Å². The molecule has 0 unspecified atom stereocenters. The Balaban J connectivity index is 2.23. The van der Waals surface area contributed by atoms with Crippen LogP contribution in [0, 0.1) is 6.92 Å². The number of nitrogen functional groups attached to an aromatic ring is 2. The molecular weight excluding hydrogens is 272 g/mol. The Morgan fingerprint density at radius 2 is 1.85 bits per heavy atom. The average Bonchev–Trinajstić information content (AvgIpc) is 2.38. The van der Waals surface area contributed by atoms with Gasteiger partial charge >= 0.3 is 0 Å². The van der Waals surface area contributed by atoms with E-state index < -0.39 is 0 Å². The number of benzene rings is 1. The first-order valence-corrected chi connectivity index (χ1v) is 6.66. The molecule has 0 radical (unpaired) electrons. The first kappa shape index (κ1) is 14.3. The Hall–Kier alpha value is -2.07. The van der Waals surface area contributed by atoms with Gasteiger partial charge in [0.2, 0.25) is 5.95 Å². The van der Waals surface area contributed by atoms with Crippen LogP contribution >= 0.6 is 11.6 Å². The molecule has 0 saturated heterocycles. The highest BCUT2D eigenvalue weighted by molar-refractivity contribution is 6.30. The van der Waals surface area contributed by atoms with Crippen LogP contribution in [0.3, 0.4) is 0 Å². The molecule has 0 aliphatic rings. The molecule has 1 aromatic heterocycles. The van der Waals surface area contributed by atoms with Crippen molar-refractivity contribution < 1.29 is 0 Å². The first-order chi connectivity index (χ1) is 9.47. The Bertz CT molecular complexity index is 624. The van der Waals surface area contributed by atoms with Crippen LogP contribution in [0.2, 0.25) is 5.02 Å². The number of nitrogens with two attached hydrogens (primary N) is 2. The minimum atomic E-state index is 0.210. The molecule has 0 amide bonds. The number of nitrogens with zero attached hydrogens (tertiary/aromatic N) is 2. The number of rotatable bonds is 3. The second kappa shape index (κ2) is 5.92. The minimum Gasteiger partial charge on any atom is -0.383 e. The third kappa shape index (κ3) is 3.27. The van der Waals surface area contributed by atoms with E-state index in [9.17, 15) is 0 Å². The summed E-state index contributed by atoms with van der Waals surface area (Å²) in [5.74, 6) is 0.650. The van der Waals surface area contributed by atoms with Crippen LogP contribution < -0.4 is 11.5 Å². The molecule has 0 aliphatic heterocycles. The predicted molar refractivity (Wildman–Crippen MR) is 84.4 cm³/mol. The summed E-state index contributed by atoms with van der Waals surface area (Å²) in [6.45, 7) is 3.93. The van der Waals surface area contributed by atoms with Gasteiger partial charge < -0.3 is 11.5 Å². The summed E-state index contributed by atoms with van der Waals surface area (Å²) in [7, 11) is 0. The van der Waals surface area contributed by atoms with Gasteiger partial charge in [0.05, 0.1) is 0 Å². The molecule has 0 fully saturated rings. The SMILES string of the molecule is C/C(=C/Cc1c(C)nc(N)nc1N)c1ccc(Cl)cc1. The zero-order chi connectivity index (χ0) is 14.7. The summed E-state index contributed by atoms with van der Waals surface area (Å²) in [4.78, 5) is 8.13. The van der Waals surface area contributed by atoms with Gasteiger partial charge in [-0.2, -0.15) is 4.98 Å². The van der Waals surface area contributed by atoms with Gasteiger partial charge in [-0.05, 0) is 43.5 Å². The van der Waals surface area contributed by atoms with Gasteiger partial charge in [0, 0.05) is 16.3 Å². The minimum absolute atomic E-state index is 0.210. The van der Waals surface area contributed by atoms with Crippen molar-refractivity contribution in [3.63, 3.8) is 0 Å². The summed E-state index contributed by atoms with van der Waals surface area (Å²) in [6.07, 6.45) is 2.77. The van der Waals surface area contributed by atoms with E-state index in [0.29, 0.717) is 12.2 Å². The monoisotopic (exact) mass is 288 g/mol. The average molecular weight is 289 g/mol. The molecule has 4 N–H and O–H groups in total. The fourth-order valence-corrected chi connectivity index (χ4v) is 2.10. The lowest BCUT2D eigenvalue weighted by Crippen LogP contribution is -2.06. The summed E-state index contributed by atoms with van der Waals surface area (Å²) in [6, 6.07) is 7.73. The Labute approximate surface area is 123 Å². The van der Waals surface area contributed by atoms with Crippen molar-refractivity contribution in [2.75, 3.05) is 11.5 Å². The number of allylic oxidation sites excluding steroid dienone is 2. The number of anilines is 2. The zero-order valence-corrected chi connectivity index (χ0v) is 12.3. The molecule has 4 nitrogen and oxygen atoms in total. The molecule has 1 heterocycles. The van der Waals surface area contributed by atoms with E-state index in [1.54, 1.807) is 0 Å². The van der Waals surface area contributed by atoms with E-state index in [1.807, 2.05) is 38.1 Å². The molecular formula is C15H17ClN4. The van der Waals surface area contributed by atoms with Gasteiger partial charge in [-0.1, -0.05) is 29.8 Å². The van der Waals surface area contributed by atoms with Gasteiger partial charge in [-0.15, -0.1) is 0 Å². The van der Waals surface area contributed by atoms with Crippen LogP contribution in [0.15, 0.2) is 30.3 Å². The van der Waals surface area contributed by atoms with Crippen molar-refractivity contribution in [1.29, 1.82) is 0 Å². The van der Waals surface area contributed by atoms with E-state index >= 15 is 0 Å². The largest absolute Gasteiger partial charge is 0.383 e. The van der Waals surface area contributed by atoms with E-state index in [0.717, 1.165) is 27.4 Å². The van der Waals surface area contributed by atoms with Crippen molar-refractivity contribution >= 4 is 28.9 Å². The normalized spacial score (nSPS) is 11.7. The molecule has 0 bridgehead atoms. The molecule has 2 rings (SSSR count). The van der Waals surface area contributed by atoms with E-state index in [4.69, 9.17) is 23.1 Å². The van der Waals surface area contributed by atoms with E-state index in [2.05, 4.69) is 16.0 Å². The second-order valence-corrected chi connectivity index (χ2v) is 5.07. The zero-order valence-electron chi connectivity index (χ0n) is 11.5. The summed E-state index contributed by atoms with van der Waals surface area (Å²) < 4.78 is 0. The maximum absolute atomic E-state index is 5.89. The highest BCUT2D eigenvalue weighted by Gasteiger charge is 2.06. The van der Waals surface area contributed by atoms with Gasteiger partial charge in [-0.3, -0.25) is 0 Å². The third-order valence-electron chi connectivity index (χ3n) is 3.18. The van der Waals surface area contributed by atoms with Gasteiger partial charge in [0.25, 0.3) is 0 Å². The van der Waals surface area contributed by atoms with Crippen molar-refractivity contribution in [1.82, 2.24) is 9.97 Å².